The van der Waals surface area contributed by atoms with Crippen molar-refractivity contribution >= 4 is 14.5 Å². The van der Waals surface area contributed by atoms with E-state index in [1.54, 1.807) is 0 Å². The van der Waals surface area contributed by atoms with E-state index in [9.17, 15) is 0 Å². The molecule has 29 heavy (non-hydrogen) atoms. The van der Waals surface area contributed by atoms with Gasteiger partial charge in [0.15, 0.2) is 0 Å². The molecule has 0 aliphatic rings. The third kappa shape index (κ3) is 3.51. The van der Waals surface area contributed by atoms with Crippen molar-refractivity contribution in [3.05, 3.63) is 121 Å². The zero-order valence-electron chi connectivity index (χ0n) is 16.0. The fraction of sp³-hybridized carbons (Fsp3) is 0. The van der Waals surface area contributed by atoms with E-state index in [2.05, 4.69) is 121 Å². The van der Waals surface area contributed by atoms with Crippen LogP contribution in [0.5, 0.6) is 0 Å². The van der Waals surface area contributed by atoms with Gasteiger partial charge in [-0.2, -0.15) is 0 Å². The molecule has 138 valence electrons. The molecule has 4 aromatic carbocycles. The first-order chi connectivity index (χ1) is 14.4. The Bertz CT molecular complexity index is 1110. The number of hydrogen-bond acceptors (Lipinski definition) is 0. The monoisotopic (exact) mass is 436 g/mol. The summed E-state index contributed by atoms with van der Waals surface area (Å²) in [6.45, 7) is 0. The van der Waals surface area contributed by atoms with Gasteiger partial charge in [-0.1, -0.05) is 0 Å². The first-order valence-corrected chi connectivity index (χ1v) is 11.5. The predicted octanol–water partition coefficient (Wildman–Crippen LogP) is 7.41. The molecule has 1 aromatic heterocycles. The van der Waals surface area contributed by atoms with Crippen molar-refractivity contribution < 1.29 is 0 Å². The van der Waals surface area contributed by atoms with Gasteiger partial charge >= 0.3 is 178 Å². The molecule has 5 aromatic rings. The summed E-state index contributed by atoms with van der Waals surface area (Å²) in [5.74, 6) is 0. The van der Waals surface area contributed by atoms with Gasteiger partial charge in [0.1, 0.15) is 0 Å². The molecule has 0 atom stereocenters. The molecule has 0 saturated carbocycles. The van der Waals surface area contributed by atoms with Gasteiger partial charge in [-0.25, -0.2) is 0 Å². The van der Waals surface area contributed by atoms with E-state index in [0.29, 0.717) is 0 Å². The molecule has 0 radical (unpaired) electrons. The zero-order chi connectivity index (χ0) is 19.5. The fourth-order valence-electron chi connectivity index (χ4n) is 3.78. The summed E-state index contributed by atoms with van der Waals surface area (Å²) < 4.78 is 2.92. The standard InChI is InChI=1S/C28H20Se/c1-5-13-21(14-6-1)25-26(22-15-7-2-8-16-22)28(24-19-11-4-12-20-24)29-27(25)23-17-9-3-10-18-23/h1-20H. The van der Waals surface area contributed by atoms with Gasteiger partial charge in [0.2, 0.25) is 0 Å². The molecule has 0 unspecified atom stereocenters. The van der Waals surface area contributed by atoms with E-state index in [0.717, 1.165) is 0 Å². The summed E-state index contributed by atoms with van der Waals surface area (Å²) in [5.41, 5.74) is 7.98. The second kappa shape index (κ2) is 8.09. The van der Waals surface area contributed by atoms with E-state index in [1.807, 2.05) is 0 Å². The molecular weight excluding hydrogens is 415 g/mol. The van der Waals surface area contributed by atoms with Gasteiger partial charge in [0, 0.05) is 0 Å². The van der Waals surface area contributed by atoms with Crippen molar-refractivity contribution in [1.82, 2.24) is 0 Å². The maximum absolute atomic E-state index is 2.25. The zero-order valence-corrected chi connectivity index (χ0v) is 17.7. The first kappa shape index (κ1) is 17.9. The average Bonchev–Trinajstić information content (AvgIpc) is 3.22. The quantitative estimate of drug-likeness (QED) is 0.258. The van der Waals surface area contributed by atoms with Crippen LogP contribution < -0.4 is 0 Å². The summed E-state index contributed by atoms with van der Waals surface area (Å²) in [6, 6.07) is 43.5. The Labute approximate surface area is 177 Å². The van der Waals surface area contributed by atoms with E-state index in [4.69, 9.17) is 0 Å². The van der Waals surface area contributed by atoms with Crippen molar-refractivity contribution in [2.75, 3.05) is 0 Å². The van der Waals surface area contributed by atoms with Crippen LogP contribution in [-0.2, 0) is 0 Å². The Kier molecular flexibility index (Phi) is 5.00. The van der Waals surface area contributed by atoms with Crippen molar-refractivity contribution in [3.63, 3.8) is 0 Å². The Morgan fingerprint density at radius 2 is 0.586 bits per heavy atom. The van der Waals surface area contributed by atoms with Gasteiger partial charge in [-0.15, -0.1) is 0 Å². The van der Waals surface area contributed by atoms with Crippen LogP contribution in [0.15, 0.2) is 121 Å². The van der Waals surface area contributed by atoms with Gasteiger partial charge in [0.05, 0.1) is 0 Å². The maximum atomic E-state index is 2.25. The van der Waals surface area contributed by atoms with Crippen LogP contribution >= 0.6 is 0 Å². The van der Waals surface area contributed by atoms with Crippen LogP contribution in [-0.4, -0.2) is 14.5 Å². The second-order valence-corrected chi connectivity index (χ2v) is 9.12. The van der Waals surface area contributed by atoms with Gasteiger partial charge in [-0.05, 0) is 0 Å². The van der Waals surface area contributed by atoms with Crippen molar-refractivity contribution in [2.45, 2.75) is 0 Å². The molecule has 0 saturated heterocycles. The summed E-state index contributed by atoms with van der Waals surface area (Å²) in [4.78, 5) is 0. The predicted molar refractivity (Wildman–Crippen MR) is 125 cm³/mol. The third-order valence-corrected chi connectivity index (χ3v) is 7.81. The molecule has 0 aliphatic carbocycles. The van der Waals surface area contributed by atoms with Crippen molar-refractivity contribution in [3.8, 4) is 42.3 Å². The third-order valence-electron chi connectivity index (χ3n) is 5.11. The van der Waals surface area contributed by atoms with E-state index < -0.39 is 0 Å². The normalized spacial score (nSPS) is 10.8. The van der Waals surface area contributed by atoms with Gasteiger partial charge in [-0.3, -0.25) is 0 Å². The van der Waals surface area contributed by atoms with Crippen LogP contribution in [0, 0.1) is 0 Å². The molecule has 5 rings (SSSR count). The van der Waals surface area contributed by atoms with Crippen LogP contribution in [0.1, 0.15) is 0 Å². The first-order valence-electron chi connectivity index (χ1n) is 9.80. The molecule has 0 fully saturated rings. The molecule has 0 N–H and O–H groups in total. The summed E-state index contributed by atoms with van der Waals surface area (Å²) in [7, 11) is 0. The van der Waals surface area contributed by atoms with Crippen LogP contribution in [0.2, 0.25) is 0 Å². The Morgan fingerprint density at radius 1 is 0.310 bits per heavy atom. The van der Waals surface area contributed by atoms with E-state index in [-0.39, 0.29) is 14.5 Å². The SMILES string of the molecule is c1ccc(-c2[se]c(-c3ccccc3)c(-c3ccccc3)c2-c2ccccc2)cc1. The topological polar surface area (TPSA) is 0 Å². The molecule has 0 bridgehead atoms. The Morgan fingerprint density at radius 3 is 0.897 bits per heavy atom. The fourth-order valence-corrected chi connectivity index (χ4v) is 6.62. The van der Waals surface area contributed by atoms with E-state index in [1.165, 1.54) is 42.3 Å². The molecule has 0 nitrogen and oxygen atoms in total. The Hall–Kier alpha value is -3.12. The molecule has 0 spiro atoms. The molecule has 1 heterocycles. The van der Waals surface area contributed by atoms with Gasteiger partial charge in [0.25, 0.3) is 0 Å². The molecule has 0 amide bonds. The molecule has 1 heteroatoms. The molecular formula is C28H20Se. The van der Waals surface area contributed by atoms with Crippen molar-refractivity contribution in [1.29, 1.82) is 0 Å². The van der Waals surface area contributed by atoms with Crippen molar-refractivity contribution in [2.24, 2.45) is 0 Å². The summed E-state index contributed by atoms with van der Waals surface area (Å²) in [6.07, 6.45) is 0. The van der Waals surface area contributed by atoms with Crippen LogP contribution in [0.25, 0.3) is 42.3 Å². The van der Waals surface area contributed by atoms with Gasteiger partial charge < -0.3 is 0 Å². The number of hydrogen-bond donors (Lipinski definition) is 0. The number of benzene rings is 4. The molecule has 0 aliphatic heterocycles. The van der Waals surface area contributed by atoms with Crippen LogP contribution in [0.3, 0.4) is 0 Å². The summed E-state index contributed by atoms with van der Waals surface area (Å²) in [5, 5.41) is 0. The number of rotatable bonds is 4. The summed E-state index contributed by atoms with van der Waals surface area (Å²) >= 11 is 0.221. The van der Waals surface area contributed by atoms with E-state index >= 15 is 0 Å². The minimum absolute atomic E-state index is 0.221. The van der Waals surface area contributed by atoms with Crippen LogP contribution in [0.4, 0.5) is 0 Å². The Balaban J connectivity index is 1.89. The second-order valence-electron chi connectivity index (χ2n) is 6.97. The minimum atomic E-state index is 0.221. The average molecular weight is 435 g/mol.